The van der Waals surface area contributed by atoms with Gasteiger partial charge in [0.15, 0.2) is 0 Å². The van der Waals surface area contributed by atoms with Crippen LogP contribution in [-0.2, 0) is 17.6 Å². The highest BCUT2D eigenvalue weighted by atomic mass is 16.2. The predicted molar refractivity (Wildman–Crippen MR) is 119 cm³/mol. The van der Waals surface area contributed by atoms with Gasteiger partial charge in [0.05, 0.1) is 6.42 Å². The minimum atomic E-state index is 0.159. The Labute approximate surface area is 179 Å². The molecule has 154 valence electrons. The van der Waals surface area contributed by atoms with Crippen LogP contribution in [0.3, 0.4) is 0 Å². The normalized spacial score (nSPS) is 16.5. The lowest BCUT2D eigenvalue weighted by Crippen LogP contribution is -2.40. The van der Waals surface area contributed by atoms with Crippen LogP contribution in [0, 0.1) is 13.8 Å². The zero-order valence-electron chi connectivity index (χ0n) is 17.8. The molecule has 1 aliphatic rings. The smallest absolute Gasteiger partial charge is 0.228 e. The van der Waals surface area contributed by atoms with Crippen molar-refractivity contribution in [2.24, 2.45) is 0 Å². The van der Waals surface area contributed by atoms with Gasteiger partial charge in [-0.25, -0.2) is 0 Å². The number of aromatic nitrogens is 2. The summed E-state index contributed by atoms with van der Waals surface area (Å²) in [5, 5.41) is 0. The Bertz CT molecular complexity index is 1020. The first-order valence-electron chi connectivity index (χ1n) is 10.8. The molecule has 3 heterocycles. The Balaban J connectivity index is 1.48. The molecule has 2 aromatic heterocycles. The van der Waals surface area contributed by atoms with E-state index in [0.717, 1.165) is 49.4 Å². The van der Waals surface area contributed by atoms with E-state index >= 15 is 0 Å². The van der Waals surface area contributed by atoms with Crippen LogP contribution < -0.4 is 0 Å². The fraction of sp³-hybridized carbons (Fsp3) is 0.346. The average molecular weight is 400 g/mol. The second-order valence-electron chi connectivity index (χ2n) is 8.32. The maximum absolute atomic E-state index is 12.8. The van der Waals surface area contributed by atoms with Crippen LogP contribution in [0.1, 0.15) is 52.5 Å². The Morgan fingerprint density at radius 2 is 1.93 bits per heavy atom. The topological polar surface area (TPSA) is 46.1 Å². The quantitative estimate of drug-likeness (QED) is 0.628. The van der Waals surface area contributed by atoms with Crippen molar-refractivity contribution in [3.8, 4) is 0 Å². The predicted octanol–water partition coefficient (Wildman–Crippen LogP) is 4.63. The number of likely N-dealkylation sites (tertiary alicyclic amines) is 1. The van der Waals surface area contributed by atoms with Gasteiger partial charge in [0.25, 0.3) is 0 Å². The lowest BCUT2D eigenvalue weighted by atomic mass is 9.91. The average Bonchev–Trinajstić information content (AvgIpc) is 2.76. The summed E-state index contributed by atoms with van der Waals surface area (Å²) in [5.41, 5.74) is 6.96. The molecule has 0 bridgehead atoms. The van der Waals surface area contributed by atoms with Crippen molar-refractivity contribution in [3.05, 3.63) is 94.6 Å². The molecule has 0 spiro atoms. The molecule has 1 aromatic carbocycles. The molecule has 4 rings (SSSR count). The molecule has 0 radical (unpaired) electrons. The number of rotatable bonds is 5. The molecule has 0 aliphatic carbocycles. The van der Waals surface area contributed by atoms with E-state index in [9.17, 15) is 4.79 Å². The summed E-state index contributed by atoms with van der Waals surface area (Å²) in [4.78, 5) is 24.0. The standard InChI is InChI=1S/C26H29N3O/c1-19-8-3-4-9-22(19)15-21-14-20(2)28-25(16-21)23-10-7-13-29(18-23)26(30)17-24-11-5-6-12-27-24/h3-6,8-9,11-12,14,16,23H,7,10,13,15,17-18H2,1-2H3/t23-/m1/s1. The van der Waals surface area contributed by atoms with Gasteiger partial charge in [0.1, 0.15) is 0 Å². The SMILES string of the molecule is Cc1cc(Cc2ccccc2C)cc([C@@H]2CCCN(C(=O)Cc3ccccn3)C2)n1. The summed E-state index contributed by atoms with van der Waals surface area (Å²) in [5.74, 6) is 0.452. The maximum atomic E-state index is 12.8. The molecule has 0 unspecified atom stereocenters. The molecule has 1 aliphatic heterocycles. The number of pyridine rings is 2. The number of hydrogen-bond acceptors (Lipinski definition) is 3. The molecular weight excluding hydrogens is 370 g/mol. The van der Waals surface area contributed by atoms with Crippen molar-refractivity contribution in [3.63, 3.8) is 0 Å². The van der Waals surface area contributed by atoms with Gasteiger partial charge in [0, 0.05) is 42.3 Å². The fourth-order valence-corrected chi connectivity index (χ4v) is 4.32. The van der Waals surface area contributed by atoms with Gasteiger partial charge in [-0.1, -0.05) is 30.3 Å². The van der Waals surface area contributed by atoms with Crippen LogP contribution in [0.2, 0.25) is 0 Å². The lowest BCUT2D eigenvalue weighted by molar-refractivity contribution is -0.131. The summed E-state index contributed by atoms with van der Waals surface area (Å²) in [6.45, 7) is 5.80. The van der Waals surface area contributed by atoms with E-state index in [0.29, 0.717) is 12.3 Å². The third kappa shape index (κ3) is 4.93. The van der Waals surface area contributed by atoms with E-state index < -0.39 is 0 Å². The van der Waals surface area contributed by atoms with Crippen LogP contribution in [0.25, 0.3) is 0 Å². The van der Waals surface area contributed by atoms with Crippen LogP contribution in [0.5, 0.6) is 0 Å². The van der Waals surface area contributed by atoms with Gasteiger partial charge in [0.2, 0.25) is 5.91 Å². The zero-order valence-corrected chi connectivity index (χ0v) is 17.8. The Morgan fingerprint density at radius 3 is 2.73 bits per heavy atom. The molecular formula is C26H29N3O. The van der Waals surface area contributed by atoms with Crippen molar-refractivity contribution in [1.29, 1.82) is 0 Å². The number of nitrogens with zero attached hydrogens (tertiary/aromatic N) is 3. The number of hydrogen-bond donors (Lipinski definition) is 0. The molecule has 0 N–H and O–H groups in total. The molecule has 1 saturated heterocycles. The molecule has 1 amide bonds. The van der Waals surface area contributed by atoms with E-state index in [4.69, 9.17) is 4.98 Å². The number of amides is 1. The molecule has 4 nitrogen and oxygen atoms in total. The zero-order chi connectivity index (χ0) is 20.9. The molecule has 1 atom stereocenters. The van der Waals surface area contributed by atoms with Gasteiger partial charge in [-0.3, -0.25) is 14.8 Å². The molecule has 0 saturated carbocycles. The Kier molecular flexibility index (Phi) is 6.22. The Morgan fingerprint density at radius 1 is 1.10 bits per heavy atom. The third-order valence-corrected chi connectivity index (χ3v) is 5.94. The first kappa shape index (κ1) is 20.3. The van der Waals surface area contributed by atoms with Crippen LogP contribution >= 0.6 is 0 Å². The molecule has 1 fully saturated rings. The van der Waals surface area contributed by atoms with E-state index in [1.807, 2.05) is 23.1 Å². The van der Waals surface area contributed by atoms with E-state index in [1.165, 1.54) is 16.7 Å². The monoisotopic (exact) mass is 399 g/mol. The van der Waals surface area contributed by atoms with Gasteiger partial charge < -0.3 is 4.90 Å². The first-order valence-corrected chi connectivity index (χ1v) is 10.8. The third-order valence-electron chi connectivity index (χ3n) is 5.94. The summed E-state index contributed by atoms with van der Waals surface area (Å²) in [6.07, 6.45) is 5.12. The molecule has 4 heteroatoms. The lowest BCUT2D eigenvalue weighted by Gasteiger charge is -2.33. The molecule has 3 aromatic rings. The maximum Gasteiger partial charge on any atom is 0.228 e. The second-order valence-corrected chi connectivity index (χ2v) is 8.32. The van der Waals surface area contributed by atoms with Gasteiger partial charge >= 0.3 is 0 Å². The fourth-order valence-electron chi connectivity index (χ4n) is 4.32. The summed E-state index contributed by atoms with van der Waals surface area (Å²) < 4.78 is 0. The number of benzene rings is 1. The van der Waals surface area contributed by atoms with E-state index in [1.54, 1.807) is 6.20 Å². The van der Waals surface area contributed by atoms with Crippen molar-refractivity contribution in [1.82, 2.24) is 14.9 Å². The highest BCUT2D eigenvalue weighted by molar-refractivity contribution is 5.78. The molecule has 30 heavy (non-hydrogen) atoms. The van der Waals surface area contributed by atoms with Crippen molar-refractivity contribution < 1.29 is 4.79 Å². The van der Waals surface area contributed by atoms with Crippen molar-refractivity contribution >= 4 is 5.91 Å². The van der Waals surface area contributed by atoms with Gasteiger partial charge in [-0.15, -0.1) is 0 Å². The number of carbonyl (C=O) groups is 1. The summed E-state index contributed by atoms with van der Waals surface area (Å²) >= 11 is 0. The number of aryl methyl sites for hydroxylation is 2. The van der Waals surface area contributed by atoms with E-state index in [-0.39, 0.29) is 5.91 Å². The number of carbonyl (C=O) groups excluding carboxylic acids is 1. The van der Waals surface area contributed by atoms with Crippen LogP contribution in [0.4, 0.5) is 0 Å². The number of piperidine rings is 1. The largest absolute Gasteiger partial charge is 0.342 e. The Hall–Kier alpha value is -3.01. The van der Waals surface area contributed by atoms with E-state index in [2.05, 4.69) is 55.2 Å². The van der Waals surface area contributed by atoms with Crippen LogP contribution in [0.15, 0.2) is 60.8 Å². The first-order chi connectivity index (χ1) is 14.6. The second kappa shape index (κ2) is 9.21. The van der Waals surface area contributed by atoms with Crippen LogP contribution in [-0.4, -0.2) is 33.9 Å². The minimum absolute atomic E-state index is 0.159. The minimum Gasteiger partial charge on any atom is -0.342 e. The van der Waals surface area contributed by atoms with Crippen molar-refractivity contribution in [2.45, 2.75) is 45.4 Å². The highest BCUT2D eigenvalue weighted by Crippen LogP contribution is 2.28. The van der Waals surface area contributed by atoms with Gasteiger partial charge in [-0.2, -0.15) is 0 Å². The summed E-state index contributed by atoms with van der Waals surface area (Å²) in [6, 6.07) is 18.7. The van der Waals surface area contributed by atoms with Gasteiger partial charge in [-0.05, 0) is 74.1 Å². The van der Waals surface area contributed by atoms with Crippen molar-refractivity contribution in [2.75, 3.05) is 13.1 Å². The summed E-state index contributed by atoms with van der Waals surface area (Å²) in [7, 11) is 0. The highest BCUT2D eigenvalue weighted by Gasteiger charge is 2.26.